The molecule has 3 N–H and O–H groups in total. The predicted octanol–water partition coefficient (Wildman–Crippen LogP) is 2.74. The number of benzene rings is 2. The average Bonchev–Trinajstić information content (AvgIpc) is 3.28. The smallest absolute Gasteiger partial charge is 0.226 e. The molecule has 2 heterocycles. The van der Waals surface area contributed by atoms with Gasteiger partial charge >= 0.3 is 0 Å². The van der Waals surface area contributed by atoms with Gasteiger partial charge in [-0.2, -0.15) is 0 Å². The normalized spacial score (nSPS) is 18.3. The van der Waals surface area contributed by atoms with Crippen molar-refractivity contribution in [3.8, 4) is 5.88 Å². The van der Waals surface area contributed by atoms with Crippen molar-refractivity contribution >= 4 is 5.91 Å². The molecule has 148 valence electrons. The number of amides is 1. The second kappa shape index (κ2) is 9.32. The molecule has 1 aliphatic heterocycles. The van der Waals surface area contributed by atoms with Gasteiger partial charge in [-0.25, -0.2) is 10.4 Å². The highest BCUT2D eigenvalue weighted by Gasteiger charge is 2.33. The van der Waals surface area contributed by atoms with Crippen LogP contribution in [0.15, 0.2) is 79.0 Å². The number of aromatic nitrogens is 1. The number of rotatable bonds is 7. The Bertz CT molecular complexity index is 934. The summed E-state index contributed by atoms with van der Waals surface area (Å²) in [5.41, 5.74) is 9.43. The largest absolute Gasteiger partial charge is 0.473 e. The summed E-state index contributed by atoms with van der Waals surface area (Å²) in [7, 11) is 0. The summed E-state index contributed by atoms with van der Waals surface area (Å²) in [6, 6.07) is 23.7. The van der Waals surface area contributed by atoms with E-state index in [0.29, 0.717) is 25.6 Å². The van der Waals surface area contributed by atoms with Crippen LogP contribution in [0.2, 0.25) is 0 Å². The molecule has 0 bridgehead atoms. The van der Waals surface area contributed by atoms with Gasteiger partial charge in [0.1, 0.15) is 6.61 Å². The fourth-order valence-corrected chi connectivity index (χ4v) is 3.41. The molecule has 0 spiro atoms. The molecule has 6 nitrogen and oxygen atoms in total. The van der Waals surface area contributed by atoms with Crippen molar-refractivity contribution in [1.29, 1.82) is 0 Å². The highest BCUT2D eigenvalue weighted by molar-refractivity contribution is 5.80. The van der Waals surface area contributed by atoms with E-state index in [9.17, 15) is 4.79 Å². The molecular formula is C23H24N4O2. The van der Waals surface area contributed by atoms with Crippen molar-refractivity contribution in [1.82, 2.24) is 21.2 Å². The van der Waals surface area contributed by atoms with E-state index in [1.165, 1.54) is 0 Å². The summed E-state index contributed by atoms with van der Waals surface area (Å²) in [6.45, 7) is 1.48. The van der Waals surface area contributed by atoms with Crippen molar-refractivity contribution in [3.05, 3.63) is 95.7 Å². The zero-order valence-corrected chi connectivity index (χ0v) is 16.0. The standard InChI is InChI=1S/C23H24N4O2/c28-23(20-15-26-27-22(20)19-9-5-2-6-10-19)25-14-18-11-12-24-21(13-18)29-16-17-7-3-1-4-8-17/h1-13,20,22,26-27H,14-16H2,(H,25,28). The molecule has 29 heavy (non-hydrogen) atoms. The van der Waals surface area contributed by atoms with Crippen LogP contribution in [0.4, 0.5) is 0 Å². The number of carbonyl (C=O) groups is 1. The van der Waals surface area contributed by atoms with Gasteiger partial charge in [-0.05, 0) is 22.8 Å². The number of ether oxygens (including phenoxy) is 1. The Morgan fingerprint density at radius 3 is 2.59 bits per heavy atom. The molecule has 4 rings (SSSR count). The number of hydrazine groups is 1. The van der Waals surface area contributed by atoms with Gasteiger partial charge in [0.25, 0.3) is 0 Å². The number of carbonyl (C=O) groups excluding carboxylic acids is 1. The Hall–Kier alpha value is -3.22. The Morgan fingerprint density at radius 2 is 1.79 bits per heavy atom. The molecule has 3 aromatic rings. The minimum absolute atomic E-state index is 0.0138. The summed E-state index contributed by atoms with van der Waals surface area (Å²) in [5.74, 6) is 0.389. The average molecular weight is 388 g/mol. The van der Waals surface area contributed by atoms with E-state index in [0.717, 1.165) is 16.7 Å². The first-order chi connectivity index (χ1) is 14.3. The van der Waals surface area contributed by atoms with Crippen LogP contribution in [0, 0.1) is 5.92 Å². The molecule has 0 aliphatic carbocycles. The molecule has 1 aliphatic rings. The zero-order valence-electron chi connectivity index (χ0n) is 16.0. The Labute approximate surface area is 170 Å². The quantitative estimate of drug-likeness (QED) is 0.580. The van der Waals surface area contributed by atoms with Crippen molar-refractivity contribution in [2.45, 2.75) is 19.2 Å². The fourth-order valence-electron chi connectivity index (χ4n) is 3.41. The van der Waals surface area contributed by atoms with Gasteiger partial charge in [0.05, 0.1) is 12.0 Å². The number of nitrogens with one attached hydrogen (secondary N) is 3. The Balaban J connectivity index is 1.33. The molecule has 1 amide bonds. The van der Waals surface area contributed by atoms with Crippen LogP contribution in [0.25, 0.3) is 0 Å². The van der Waals surface area contributed by atoms with Crippen molar-refractivity contribution in [3.63, 3.8) is 0 Å². The van der Waals surface area contributed by atoms with Gasteiger partial charge in [0.15, 0.2) is 0 Å². The Morgan fingerprint density at radius 1 is 1.03 bits per heavy atom. The number of hydrogen-bond acceptors (Lipinski definition) is 5. The Kier molecular flexibility index (Phi) is 6.14. The van der Waals surface area contributed by atoms with Crippen LogP contribution in [0.1, 0.15) is 22.7 Å². The molecule has 2 unspecified atom stereocenters. The van der Waals surface area contributed by atoms with Gasteiger partial charge in [-0.3, -0.25) is 10.2 Å². The molecule has 0 radical (unpaired) electrons. The first-order valence-corrected chi connectivity index (χ1v) is 9.72. The third-order valence-corrected chi connectivity index (χ3v) is 4.97. The van der Waals surface area contributed by atoms with Crippen LogP contribution in [-0.2, 0) is 17.9 Å². The molecule has 2 aromatic carbocycles. The monoisotopic (exact) mass is 388 g/mol. The summed E-state index contributed by atoms with van der Waals surface area (Å²) in [4.78, 5) is 17.0. The summed E-state index contributed by atoms with van der Waals surface area (Å²) < 4.78 is 5.77. The van der Waals surface area contributed by atoms with Gasteiger partial charge in [-0.1, -0.05) is 60.7 Å². The van der Waals surface area contributed by atoms with Gasteiger partial charge in [0.2, 0.25) is 11.8 Å². The topological polar surface area (TPSA) is 75.3 Å². The lowest BCUT2D eigenvalue weighted by Gasteiger charge is -2.18. The fraction of sp³-hybridized carbons (Fsp3) is 0.217. The van der Waals surface area contributed by atoms with Crippen LogP contribution >= 0.6 is 0 Å². The minimum Gasteiger partial charge on any atom is -0.473 e. The maximum atomic E-state index is 12.8. The SMILES string of the molecule is O=C(NCc1ccnc(OCc2ccccc2)c1)C1CNNC1c1ccccc1. The van der Waals surface area contributed by atoms with E-state index in [-0.39, 0.29) is 17.9 Å². The van der Waals surface area contributed by atoms with Crippen LogP contribution in [0.5, 0.6) is 5.88 Å². The highest BCUT2D eigenvalue weighted by Crippen LogP contribution is 2.24. The highest BCUT2D eigenvalue weighted by atomic mass is 16.5. The molecule has 1 fully saturated rings. The van der Waals surface area contributed by atoms with E-state index in [1.54, 1.807) is 6.20 Å². The lowest BCUT2D eigenvalue weighted by Crippen LogP contribution is -2.34. The summed E-state index contributed by atoms with van der Waals surface area (Å²) >= 11 is 0. The molecule has 6 heteroatoms. The maximum Gasteiger partial charge on any atom is 0.226 e. The lowest BCUT2D eigenvalue weighted by atomic mass is 9.94. The lowest BCUT2D eigenvalue weighted by molar-refractivity contribution is -0.125. The second-order valence-corrected chi connectivity index (χ2v) is 7.01. The molecule has 2 atom stereocenters. The third kappa shape index (κ3) is 4.99. The summed E-state index contributed by atoms with van der Waals surface area (Å²) in [5, 5.41) is 3.04. The molecule has 1 aromatic heterocycles. The van der Waals surface area contributed by atoms with Gasteiger partial charge in [0, 0.05) is 25.4 Å². The van der Waals surface area contributed by atoms with Crippen LogP contribution in [0.3, 0.4) is 0 Å². The van der Waals surface area contributed by atoms with Crippen molar-refractivity contribution in [2.24, 2.45) is 5.92 Å². The first-order valence-electron chi connectivity index (χ1n) is 9.72. The van der Waals surface area contributed by atoms with E-state index in [2.05, 4.69) is 21.2 Å². The molecule has 1 saturated heterocycles. The van der Waals surface area contributed by atoms with Gasteiger partial charge in [-0.15, -0.1) is 0 Å². The van der Waals surface area contributed by atoms with E-state index in [1.807, 2.05) is 72.8 Å². The van der Waals surface area contributed by atoms with Gasteiger partial charge < -0.3 is 10.1 Å². The molecular weight excluding hydrogens is 364 g/mol. The number of nitrogens with zero attached hydrogens (tertiary/aromatic N) is 1. The van der Waals surface area contributed by atoms with Crippen molar-refractivity contribution in [2.75, 3.05) is 6.54 Å². The van der Waals surface area contributed by atoms with E-state index < -0.39 is 0 Å². The van der Waals surface area contributed by atoms with E-state index >= 15 is 0 Å². The van der Waals surface area contributed by atoms with Crippen LogP contribution < -0.4 is 20.9 Å². The van der Waals surface area contributed by atoms with E-state index in [4.69, 9.17) is 4.74 Å². The second-order valence-electron chi connectivity index (χ2n) is 7.01. The number of pyridine rings is 1. The third-order valence-electron chi connectivity index (χ3n) is 4.97. The zero-order chi connectivity index (χ0) is 19.9. The predicted molar refractivity (Wildman–Crippen MR) is 111 cm³/mol. The number of hydrogen-bond donors (Lipinski definition) is 3. The maximum absolute atomic E-state index is 12.8. The van der Waals surface area contributed by atoms with Crippen LogP contribution in [-0.4, -0.2) is 17.4 Å². The molecule has 0 saturated carbocycles. The minimum atomic E-state index is -0.173. The van der Waals surface area contributed by atoms with Crippen molar-refractivity contribution < 1.29 is 9.53 Å². The first kappa shape index (κ1) is 19.1. The summed E-state index contributed by atoms with van der Waals surface area (Å²) in [6.07, 6.45) is 1.70.